The van der Waals surface area contributed by atoms with E-state index in [1.54, 1.807) is 11.3 Å². The lowest BCUT2D eigenvalue weighted by Gasteiger charge is -2.15. The Balaban J connectivity index is 2.44. The Morgan fingerprint density at radius 2 is 1.72 bits per heavy atom. The molecule has 2 aromatic rings. The topological polar surface area (TPSA) is 12.0 Å². The molecule has 6 heteroatoms. The molecule has 1 unspecified atom stereocenters. The molecule has 0 amide bonds. The number of rotatable bonds is 3. The van der Waals surface area contributed by atoms with Crippen molar-refractivity contribution in [3.05, 3.63) is 52.5 Å². The maximum Gasteiger partial charge on any atom is 0.107 e. The van der Waals surface area contributed by atoms with Crippen LogP contribution in [0.4, 0.5) is 0 Å². The zero-order valence-electron chi connectivity index (χ0n) is 9.31. The van der Waals surface area contributed by atoms with Gasteiger partial charge in [0.15, 0.2) is 0 Å². The van der Waals surface area contributed by atoms with Crippen LogP contribution in [0, 0.1) is 0 Å². The summed E-state index contributed by atoms with van der Waals surface area (Å²) >= 11 is 18.2. The summed E-state index contributed by atoms with van der Waals surface area (Å²) in [4.78, 5) is 1.18. The van der Waals surface area contributed by atoms with Crippen LogP contribution in [0.2, 0.25) is 4.34 Å². The summed E-state index contributed by atoms with van der Waals surface area (Å²) in [7, 11) is 1.95. The Bertz CT molecular complexity index is 531. The zero-order valence-corrected chi connectivity index (χ0v) is 15.6. The van der Waals surface area contributed by atoms with Gasteiger partial charge in [-0.15, -0.1) is 11.3 Å². The summed E-state index contributed by atoms with van der Waals surface area (Å²) in [5.41, 5.74) is 1.18. The molecule has 1 nitrogen and oxygen atoms in total. The highest BCUT2D eigenvalue weighted by Crippen LogP contribution is 2.38. The van der Waals surface area contributed by atoms with Crippen molar-refractivity contribution >= 4 is 70.7 Å². The highest BCUT2D eigenvalue weighted by atomic mass is 79.9. The molecule has 0 aliphatic rings. The highest BCUT2D eigenvalue weighted by Gasteiger charge is 2.17. The first-order valence-electron chi connectivity index (χ1n) is 5.09. The van der Waals surface area contributed by atoms with Gasteiger partial charge in [-0.05, 0) is 52.8 Å². The van der Waals surface area contributed by atoms with Crippen LogP contribution < -0.4 is 5.32 Å². The first-order chi connectivity index (χ1) is 8.51. The van der Waals surface area contributed by atoms with Crippen LogP contribution in [0.25, 0.3) is 0 Å². The first kappa shape index (κ1) is 15.0. The number of halogens is 4. The minimum absolute atomic E-state index is 0.132. The molecule has 1 aromatic carbocycles. The van der Waals surface area contributed by atoms with Gasteiger partial charge < -0.3 is 5.32 Å². The van der Waals surface area contributed by atoms with Crippen molar-refractivity contribution in [2.75, 3.05) is 7.05 Å². The SMILES string of the molecule is CNC(c1cc(Br)cc(Br)c1)c1cc(Br)c(Cl)s1. The summed E-state index contributed by atoms with van der Waals surface area (Å²) in [6, 6.07) is 8.42. The third-order valence-corrected chi connectivity index (χ3v) is 5.91. The average molecular weight is 474 g/mol. The molecule has 96 valence electrons. The Labute approximate surface area is 140 Å². The third kappa shape index (κ3) is 3.38. The van der Waals surface area contributed by atoms with E-state index in [1.165, 1.54) is 10.4 Å². The molecule has 1 heterocycles. The van der Waals surface area contributed by atoms with Gasteiger partial charge in [0.25, 0.3) is 0 Å². The molecule has 2 rings (SSSR count). The Morgan fingerprint density at radius 1 is 1.11 bits per heavy atom. The predicted octanol–water partition coefficient (Wildman–Crippen LogP) is 6.00. The van der Waals surface area contributed by atoms with Crippen LogP contribution >= 0.6 is 70.7 Å². The molecule has 0 bridgehead atoms. The molecule has 0 saturated heterocycles. The number of thiophene rings is 1. The molecular formula is C12H9Br3ClNS. The van der Waals surface area contributed by atoms with Crippen molar-refractivity contribution in [1.29, 1.82) is 0 Å². The molecule has 1 N–H and O–H groups in total. The maximum absolute atomic E-state index is 6.11. The highest BCUT2D eigenvalue weighted by molar-refractivity contribution is 9.11. The lowest BCUT2D eigenvalue weighted by atomic mass is 10.1. The minimum Gasteiger partial charge on any atom is -0.309 e. The van der Waals surface area contributed by atoms with Gasteiger partial charge in [-0.1, -0.05) is 43.5 Å². The second kappa shape index (κ2) is 6.37. The largest absolute Gasteiger partial charge is 0.309 e. The van der Waals surface area contributed by atoms with E-state index >= 15 is 0 Å². The fourth-order valence-electron chi connectivity index (χ4n) is 1.72. The van der Waals surface area contributed by atoms with Gasteiger partial charge in [0.1, 0.15) is 4.34 Å². The second-order valence-electron chi connectivity index (χ2n) is 3.69. The lowest BCUT2D eigenvalue weighted by Crippen LogP contribution is -2.16. The van der Waals surface area contributed by atoms with Gasteiger partial charge in [0, 0.05) is 18.3 Å². The molecule has 0 saturated carbocycles. The van der Waals surface area contributed by atoms with Gasteiger partial charge in [-0.3, -0.25) is 0 Å². The molecule has 0 radical (unpaired) electrons. The molecule has 0 fully saturated rings. The second-order valence-corrected chi connectivity index (χ2v) is 8.07. The summed E-state index contributed by atoms with van der Waals surface area (Å²) in [5, 5.41) is 3.32. The van der Waals surface area contributed by atoms with E-state index < -0.39 is 0 Å². The number of hydrogen-bond donors (Lipinski definition) is 1. The number of hydrogen-bond acceptors (Lipinski definition) is 2. The number of nitrogens with one attached hydrogen (secondary N) is 1. The molecule has 0 aliphatic carbocycles. The summed E-state index contributed by atoms with van der Waals surface area (Å²) in [6.45, 7) is 0. The van der Waals surface area contributed by atoms with Gasteiger partial charge in [0.2, 0.25) is 0 Å². The van der Waals surface area contributed by atoms with E-state index in [-0.39, 0.29) is 6.04 Å². The van der Waals surface area contributed by atoms with Crippen molar-refractivity contribution in [3.63, 3.8) is 0 Å². The van der Waals surface area contributed by atoms with Crippen molar-refractivity contribution in [3.8, 4) is 0 Å². The van der Waals surface area contributed by atoms with E-state index in [0.717, 1.165) is 17.8 Å². The van der Waals surface area contributed by atoms with Gasteiger partial charge in [-0.25, -0.2) is 0 Å². The zero-order chi connectivity index (χ0) is 13.3. The van der Waals surface area contributed by atoms with Crippen molar-refractivity contribution in [2.24, 2.45) is 0 Å². The molecule has 0 spiro atoms. The van der Waals surface area contributed by atoms with E-state index in [9.17, 15) is 0 Å². The summed E-state index contributed by atoms with van der Waals surface area (Å²) < 4.78 is 3.82. The minimum atomic E-state index is 0.132. The Hall–Kier alpha value is 0.610. The van der Waals surface area contributed by atoms with Crippen molar-refractivity contribution in [2.45, 2.75) is 6.04 Å². The summed E-state index contributed by atoms with van der Waals surface area (Å²) in [5.74, 6) is 0. The quantitative estimate of drug-likeness (QED) is 0.576. The van der Waals surface area contributed by atoms with Crippen LogP contribution in [0.3, 0.4) is 0 Å². The van der Waals surface area contributed by atoms with Gasteiger partial charge in [0.05, 0.1) is 6.04 Å². The Morgan fingerprint density at radius 3 is 2.17 bits per heavy atom. The standard InChI is InChI=1S/C12H9Br3ClNS/c1-17-11(10-5-9(15)12(16)18-10)6-2-7(13)4-8(14)3-6/h2-5,11,17H,1H3. The fourth-order valence-corrected chi connectivity index (χ4v) is 4.92. The molecule has 0 aliphatic heterocycles. The first-order valence-corrected chi connectivity index (χ1v) is 8.66. The van der Waals surface area contributed by atoms with E-state index in [4.69, 9.17) is 11.6 Å². The van der Waals surface area contributed by atoms with Crippen LogP contribution in [0.1, 0.15) is 16.5 Å². The predicted molar refractivity (Wildman–Crippen MR) is 89.8 cm³/mol. The average Bonchev–Trinajstić information content (AvgIpc) is 2.58. The number of benzene rings is 1. The molecule has 1 aromatic heterocycles. The molecular weight excluding hydrogens is 465 g/mol. The molecule has 1 atom stereocenters. The van der Waals surface area contributed by atoms with Crippen LogP contribution in [0.5, 0.6) is 0 Å². The smallest absolute Gasteiger partial charge is 0.107 e. The van der Waals surface area contributed by atoms with E-state index in [2.05, 4.69) is 71.3 Å². The Kier molecular flexibility index (Phi) is 5.31. The van der Waals surface area contributed by atoms with Gasteiger partial charge >= 0.3 is 0 Å². The fraction of sp³-hybridized carbons (Fsp3) is 0.167. The summed E-state index contributed by atoms with van der Waals surface area (Å²) in [6.07, 6.45) is 0. The van der Waals surface area contributed by atoms with E-state index in [1.807, 2.05) is 13.1 Å². The maximum atomic E-state index is 6.11. The normalized spacial score (nSPS) is 12.7. The third-order valence-electron chi connectivity index (χ3n) is 2.46. The van der Waals surface area contributed by atoms with Crippen LogP contribution in [-0.4, -0.2) is 7.05 Å². The monoisotopic (exact) mass is 471 g/mol. The van der Waals surface area contributed by atoms with Crippen LogP contribution in [0.15, 0.2) is 37.7 Å². The van der Waals surface area contributed by atoms with Gasteiger partial charge in [-0.2, -0.15) is 0 Å². The van der Waals surface area contributed by atoms with Crippen molar-refractivity contribution in [1.82, 2.24) is 5.32 Å². The molecule has 18 heavy (non-hydrogen) atoms. The van der Waals surface area contributed by atoms with E-state index in [0.29, 0.717) is 0 Å². The van der Waals surface area contributed by atoms with Crippen molar-refractivity contribution < 1.29 is 0 Å². The van der Waals surface area contributed by atoms with Crippen LogP contribution in [-0.2, 0) is 0 Å². The lowest BCUT2D eigenvalue weighted by molar-refractivity contribution is 0.703.